The van der Waals surface area contributed by atoms with E-state index in [2.05, 4.69) is 15.1 Å². The third-order valence-electron chi connectivity index (χ3n) is 4.71. The molecule has 0 spiro atoms. The molecule has 0 aliphatic heterocycles. The van der Waals surface area contributed by atoms with Crippen molar-refractivity contribution in [1.82, 2.24) is 19.7 Å². The first-order valence-electron chi connectivity index (χ1n) is 9.12. The number of para-hydroxylation sites is 2. The number of fused-ring (bicyclic) bond motifs is 2. The third kappa shape index (κ3) is 2.87. The van der Waals surface area contributed by atoms with Gasteiger partial charge in [-0.25, -0.2) is 14.6 Å². The SMILES string of the molecule is O=C(c1ccccc1)c1nn(-c2cccc([N+](=O)[O-])c2)c2nc3ccccc3nc12. The van der Waals surface area contributed by atoms with Crippen LogP contribution in [0.5, 0.6) is 0 Å². The molecule has 8 nitrogen and oxygen atoms in total. The van der Waals surface area contributed by atoms with Gasteiger partial charge in [-0.15, -0.1) is 0 Å². The zero-order valence-electron chi connectivity index (χ0n) is 15.5. The Morgan fingerprint density at radius 3 is 2.30 bits per heavy atom. The number of aromatic nitrogens is 4. The number of non-ortho nitro benzene ring substituents is 1. The quantitative estimate of drug-likeness (QED) is 0.258. The van der Waals surface area contributed by atoms with Crippen molar-refractivity contribution in [3.05, 3.63) is 100 Å². The standard InChI is InChI=1S/C22H13N5O3/c28-21(14-7-2-1-3-8-14)19-20-22(24-18-12-5-4-11-17(18)23-20)26(25-19)15-9-6-10-16(13-15)27(29)30/h1-13H. The average Bonchev–Trinajstić information content (AvgIpc) is 3.16. The van der Waals surface area contributed by atoms with Crippen LogP contribution in [0, 0.1) is 10.1 Å². The first-order valence-corrected chi connectivity index (χ1v) is 9.12. The number of nitrogens with zero attached hydrogens (tertiary/aromatic N) is 5. The number of rotatable bonds is 4. The average molecular weight is 395 g/mol. The van der Waals surface area contributed by atoms with Gasteiger partial charge in [-0.05, 0) is 18.2 Å². The summed E-state index contributed by atoms with van der Waals surface area (Å²) in [5, 5.41) is 15.7. The van der Waals surface area contributed by atoms with Crippen LogP contribution in [0.15, 0.2) is 78.9 Å². The minimum absolute atomic E-state index is 0.0826. The lowest BCUT2D eigenvalue weighted by Gasteiger charge is -2.03. The zero-order chi connectivity index (χ0) is 20.7. The number of benzene rings is 3. The minimum atomic E-state index is -0.480. The third-order valence-corrected chi connectivity index (χ3v) is 4.71. The van der Waals surface area contributed by atoms with E-state index in [9.17, 15) is 14.9 Å². The predicted molar refractivity (Wildman–Crippen MR) is 111 cm³/mol. The van der Waals surface area contributed by atoms with E-state index in [-0.39, 0.29) is 17.2 Å². The van der Waals surface area contributed by atoms with Gasteiger partial charge in [-0.1, -0.05) is 48.5 Å². The molecule has 0 radical (unpaired) electrons. The molecule has 0 saturated heterocycles. The van der Waals surface area contributed by atoms with Gasteiger partial charge in [0, 0.05) is 17.7 Å². The van der Waals surface area contributed by atoms with E-state index in [1.165, 1.54) is 16.8 Å². The highest BCUT2D eigenvalue weighted by Crippen LogP contribution is 2.25. The van der Waals surface area contributed by atoms with Crippen molar-refractivity contribution >= 4 is 33.7 Å². The molecule has 3 aromatic carbocycles. The summed E-state index contributed by atoms with van der Waals surface area (Å²) in [4.78, 5) is 33.2. The fourth-order valence-electron chi connectivity index (χ4n) is 3.29. The van der Waals surface area contributed by atoms with E-state index in [0.717, 1.165) is 0 Å². The van der Waals surface area contributed by atoms with Crippen LogP contribution in [-0.4, -0.2) is 30.5 Å². The molecule has 0 N–H and O–H groups in total. The molecule has 0 amide bonds. The van der Waals surface area contributed by atoms with Crippen LogP contribution >= 0.6 is 0 Å². The Labute approximate surface area is 169 Å². The topological polar surface area (TPSA) is 104 Å². The van der Waals surface area contributed by atoms with Gasteiger partial charge in [0.05, 0.1) is 21.6 Å². The fourth-order valence-corrected chi connectivity index (χ4v) is 3.29. The van der Waals surface area contributed by atoms with Crippen LogP contribution in [0.2, 0.25) is 0 Å². The Kier molecular flexibility index (Phi) is 4.03. The van der Waals surface area contributed by atoms with Crippen molar-refractivity contribution < 1.29 is 9.72 Å². The van der Waals surface area contributed by atoms with Gasteiger partial charge in [0.25, 0.3) is 5.69 Å². The molecule has 5 aromatic rings. The molecule has 8 heteroatoms. The van der Waals surface area contributed by atoms with Crippen LogP contribution in [-0.2, 0) is 0 Å². The van der Waals surface area contributed by atoms with Gasteiger partial charge in [0.2, 0.25) is 5.78 Å². The van der Waals surface area contributed by atoms with E-state index in [1.54, 1.807) is 36.4 Å². The molecule has 0 aliphatic carbocycles. The lowest BCUT2D eigenvalue weighted by Crippen LogP contribution is -2.04. The summed E-state index contributed by atoms with van der Waals surface area (Å²) in [6, 6.07) is 22.1. The van der Waals surface area contributed by atoms with Crippen LogP contribution in [0.25, 0.3) is 27.9 Å². The highest BCUT2D eigenvalue weighted by Gasteiger charge is 2.23. The molecule has 2 heterocycles. The lowest BCUT2D eigenvalue weighted by molar-refractivity contribution is -0.384. The maximum Gasteiger partial charge on any atom is 0.271 e. The van der Waals surface area contributed by atoms with E-state index in [4.69, 9.17) is 0 Å². The van der Waals surface area contributed by atoms with Gasteiger partial charge in [0.15, 0.2) is 11.3 Å². The molecule has 5 rings (SSSR count). The Balaban J connectivity index is 1.81. The number of ketones is 1. The number of nitro benzene ring substituents is 1. The molecule has 0 unspecified atom stereocenters. The first-order chi connectivity index (χ1) is 14.6. The maximum atomic E-state index is 13.2. The normalized spacial score (nSPS) is 11.1. The fraction of sp³-hybridized carbons (Fsp3) is 0. The Bertz CT molecular complexity index is 1440. The van der Waals surface area contributed by atoms with Gasteiger partial charge in [-0.3, -0.25) is 14.9 Å². The van der Waals surface area contributed by atoms with Gasteiger partial charge in [0.1, 0.15) is 5.52 Å². The second kappa shape index (κ2) is 6.85. The van der Waals surface area contributed by atoms with Crippen molar-refractivity contribution in [3.8, 4) is 5.69 Å². The second-order valence-corrected chi connectivity index (χ2v) is 6.62. The van der Waals surface area contributed by atoms with Crippen molar-refractivity contribution in [1.29, 1.82) is 0 Å². The molecule has 144 valence electrons. The molecule has 0 saturated carbocycles. The molecular weight excluding hydrogens is 382 g/mol. The summed E-state index contributed by atoms with van der Waals surface area (Å²) in [5.41, 5.74) is 2.91. The molecule has 2 aromatic heterocycles. The largest absolute Gasteiger partial charge is 0.287 e. The Hall–Kier alpha value is -4.46. The number of hydrogen-bond donors (Lipinski definition) is 0. The van der Waals surface area contributed by atoms with E-state index in [1.807, 2.05) is 30.3 Å². The summed E-state index contributed by atoms with van der Waals surface area (Å²) < 4.78 is 1.43. The van der Waals surface area contributed by atoms with Crippen LogP contribution < -0.4 is 0 Å². The summed E-state index contributed by atoms with van der Waals surface area (Å²) in [7, 11) is 0. The van der Waals surface area contributed by atoms with Crippen molar-refractivity contribution in [3.63, 3.8) is 0 Å². The smallest absolute Gasteiger partial charge is 0.271 e. The molecule has 0 aliphatic rings. The van der Waals surface area contributed by atoms with Crippen molar-refractivity contribution in [2.24, 2.45) is 0 Å². The van der Waals surface area contributed by atoms with E-state index >= 15 is 0 Å². The maximum absolute atomic E-state index is 13.2. The summed E-state index contributed by atoms with van der Waals surface area (Å²) in [5.74, 6) is -0.297. The zero-order valence-corrected chi connectivity index (χ0v) is 15.5. The van der Waals surface area contributed by atoms with Gasteiger partial charge in [-0.2, -0.15) is 5.10 Å². The van der Waals surface area contributed by atoms with E-state index in [0.29, 0.717) is 33.4 Å². The molecular formula is C22H13N5O3. The Morgan fingerprint density at radius 2 is 1.57 bits per heavy atom. The van der Waals surface area contributed by atoms with E-state index < -0.39 is 4.92 Å². The van der Waals surface area contributed by atoms with Gasteiger partial charge >= 0.3 is 0 Å². The number of nitro groups is 1. The molecule has 30 heavy (non-hydrogen) atoms. The predicted octanol–water partition coefficient (Wildman–Crippen LogP) is 4.11. The van der Waals surface area contributed by atoms with Crippen LogP contribution in [0.4, 0.5) is 5.69 Å². The number of carbonyl (C=O) groups excluding carboxylic acids is 1. The molecule has 0 fully saturated rings. The Morgan fingerprint density at radius 1 is 0.867 bits per heavy atom. The summed E-state index contributed by atoms with van der Waals surface area (Å²) in [6.07, 6.45) is 0. The highest BCUT2D eigenvalue weighted by atomic mass is 16.6. The summed E-state index contributed by atoms with van der Waals surface area (Å²) >= 11 is 0. The lowest BCUT2D eigenvalue weighted by atomic mass is 10.1. The minimum Gasteiger partial charge on any atom is -0.287 e. The molecule has 0 bridgehead atoms. The van der Waals surface area contributed by atoms with Crippen molar-refractivity contribution in [2.75, 3.05) is 0 Å². The van der Waals surface area contributed by atoms with Crippen LogP contribution in [0.1, 0.15) is 16.1 Å². The number of hydrogen-bond acceptors (Lipinski definition) is 6. The second-order valence-electron chi connectivity index (χ2n) is 6.62. The number of carbonyl (C=O) groups is 1. The van der Waals surface area contributed by atoms with Crippen LogP contribution in [0.3, 0.4) is 0 Å². The molecule has 0 atom stereocenters. The first kappa shape index (κ1) is 17.6. The highest BCUT2D eigenvalue weighted by molar-refractivity contribution is 6.14. The summed E-state index contributed by atoms with van der Waals surface area (Å²) in [6.45, 7) is 0. The monoisotopic (exact) mass is 395 g/mol. The van der Waals surface area contributed by atoms with Gasteiger partial charge < -0.3 is 0 Å². The van der Waals surface area contributed by atoms with Crippen molar-refractivity contribution in [2.45, 2.75) is 0 Å².